The number of likely N-dealkylation sites (N-methyl/N-ethyl adjacent to an activating group) is 1. The summed E-state index contributed by atoms with van der Waals surface area (Å²) < 4.78 is 32.7. The fraction of sp³-hybridized carbons (Fsp3) is 0.724. The SMILES string of the molecule is C=CCO[C@@]12CCC3(OCCO3)[C@@H]3Oc4c(OCCCC)ccc(c4C31)C[C@H]2N(CC)CC1CC1. The molecule has 0 bridgehead atoms. The molecule has 0 radical (unpaired) electrons. The molecular formula is C29H41NO5. The summed E-state index contributed by atoms with van der Waals surface area (Å²) in [6.07, 6.45) is 9.11. The molecule has 1 saturated heterocycles. The van der Waals surface area contributed by atoms with Crippen molar-refractivity contribution in [2.45, 2.75) is 88.2 Å². The van der Waals surface area contributed by atoms with Crippen molar-refractivity contribution in [3.63, 3.8) is 0 Å². The first-order valence-corrected chi connectivity index (χ1v) is 13.9. The van der Waals surface area contributed by atoms with Gasteiger partial charge in [0.05, 0.1) is 37.9 Å². The van der Waals surface area contributed by atoms with Crippen LogP contribution in [-0.2, 0) is 20.6 Å². The van der Waals surface area contributed by atoms with Crippen LogP contribution in [0.4, 0.5) is 0 Å². The number of rotatable bonds is 11. The summed E-state index contributed by atoms with van der Waals surface area (Å²) in [4.78, 5) is 2.69. The van der Waals surface area contributed by atoms with Gasteiger partial charge in [0.2, 0.25) is 5.79 Å². The second-order valence-electron chi connectivity index (χ2n) is 11.0. The third-order valence-corrected chi connectivity index (χ3v) is 8.95. The summed E-state index contributed by atoms with van der Waals surface area (Å²) in [7, 11) is 0. The molecular weight excluding hydrogens is 442 g/mol. The van der Waals surface area contributed by atoms with Crippen LogP contribution in [0.5, 0.6) is 11.5 Å². The quantitative estimate of drug-likeness (QED) is 0.331. The molecule has 6 heteroatoms. The Labute approximate surface area is 209 Å². The predicted octanol–water partition coefficient (Wildman–Crippen LogP) is 4.85. The molecule has 192 valence electrons. The Morgan fingerprint density at radius 2 is 2.00 bits per heavy atom. The van der Waals surface area contributed by atoms with Crippen molar-refractivity contribution >= 4 is 0 Å². The monoisotopic (exact) mass is 483 g/mol. The van der Waals surface area contributed by atoms with Gasteiger partial charge >= 0.3 is 0 Å². The van der Waals surface area contributed by atoms with E-state index in [0.717, 1.165) is 62.6 Å². The number of unbranched alkanes of at least 4 members (excludes halogenated alkanes) is 1. The van der Waals surface area contributed by atoms with Crippen molar-refractivity contribution < 1.29 is 23.7 Å². The summed E-state index contributed by atoms with van der Waals surface area (Å²) in [5, 5.41) is 0. The van der Waals surface area contributed by atoms with Gasteiger partial charge in [0.25, 0.3) is 0 Å². The molecule has 6 nitrogen and oxygen atoms in total. The van der Waals surface area contributed by atoms with Crippen molar-refractivity contribution in [1.82, 2.24) is 4.90 Å². The first kappa shape index (κ1) is 23.8. The van der Waals surface area contributed by atoms with E-state index in [0.29, 0.717) is 26.4 Å². The Kier molecular flexibility index (Phi) is 6.36. The lowest BCUT2D eigenvalue weighted by Crippen LogP contribution is -2.68. The number of fused-ring (bicyclic) bond motifs is 1. The van der Waals surface area contributed by atoms with Crippen LogP contribution in [-0.4, -0.2) is 68.0 Å². The van der Waals surface area contributed by atoms with Crippen molar-refractivity contribution in [2.24, 2.45) is 5.92 Å². The highest BCUT2D eigenvalue weighted by molar-refractivity contribution is 5.59. The Hall–Kier alpha value is -1.60. The fourth-order valence-electron chi connectivity index (χ4n) is 7.11. The van der Waals surface area contributed by atoms with E-state index in [9.17, 15) is 0 Å². The molecule has 1 spiro atoms. The zero-order chi connectivity index (χ0) is 24.0. The van der Waals surface area contributed by atoms with Crippen LogP contribution in [0, 0.1) is 5.92 Å². The molecule has 0 amide bonds. The molecule has 2 saturated carbocycles. The van der Waals surface area contributed by atoms with Crippen LogP contribution in [0.3, 0.4) is 0 Å². The lowest BCUT2D eigenvalue weighted by molar-refractivity contribution is -0.269. The Bertz CT molecular complexity index is 939. The van der Waals surface area contributed by atoms with Gasteiger partial charge < -0.3 is 23.7 Å². The molecule has 0 N–H and O–H groups in total. The zero-order valence-corrected chi connectivity index (χ0v) is 21.4. The Morgan fingerprint density at radius 3 is 2.71 bits per heavy atom. The van der Waals surface area contributed by atoms with Gasteiger partial charge in [0, 0.05) is 24.6 Å². The summed E-state index contributed by atoms with van der Waals surface area (Å²) >= 11 is 0. The number of nitrogens with zero attached hydrogens (tertiary/aromatic N) is 1. The third-order valence-electron chi connectivity index (χ3n) is 8.95. The molecule has 1 unspecified atom stereocenters. The van der Waals surface area contributed by atoms with E-state index in [1.54, 1.807) is 0 Å². The van der Waals surface area contributed by atoms with Crippen molar-refractivity contribution in [1.29, 1.82) is 0 Å². The van der Waals surface area contributed by atoms with Gasteiger partial charge in [-0.1, -0.05) is 32.4 Å². The second-order valence-corrected chi connectivity index (χ2v) is 11.0. The van der Waals surface area contributed by atoms with E-state index in [2.05, 4.69) is 37.5 Å². The summed E-state index contributed by atoms with van der Waals surface area (Å²) in [5.41, 5.74) is 2.26. The summed E-state index contributed by atoms with van der Waals surface area (Å²) in [6.45, 7) is 13.1. The minimum atomic E-state index is -0.710. The second kappa shape index (κ2) is 9.37. The molecule has 3 fully saturated rings. The van der Waals surface area contributed by atoms with Gasteiger partial charge in [0.15, 0.2) is 17.6 Å². The lowest BCUT2D eigenvalue weighted by Gasteiger charge is -2.57. The topological polar surface area (TPSA) is 49.4 Å². The first-order valence-electron chi connectivity index (χ1n) is 13.9. The molecule has 4 atom stereocenters. The molecule has 5 aliphatic rings. The molecule has 2 heterocycles. The van der Waals surface area contributed by atoms with Gasteiger partial charge in [-0.25, -0.2) is 0 Å². The van der Waals surface area contributed by atoms with Crippen molar-refractivity contribution in [2.75, 3.05) is 39.5 Å². The van der Waals surface area contributed by atoms with Crippen molar-refractivity contribution in [3.05, 3.63) is 35.9 Å². The van der Waals surface area contributed by atoms with E-state index in [1.807, 2.05) is 6.08 Å². The van der Waals surface area contributed by atoms with Gasteiger partial charge in [-0.05, 0) is 56.2 Å². The largest absolute Gasteiger partial charge is 0.490 e. The molecule has 1 aromatic rings. The first-order chi connectivity index (χ1) is 17.2. The number of hydrogen-bond acceptors (Lipinski definition) is 6. The van der Waals surface area contributed by atoms with Gasteiger partial charge in [-0.3, -0.25) is 4.90 Å². The van der Waals surface area contributed by atoms with Gasteiger partial charge in [0.1, 0.15) is 0 Å². The van der Waals surface area contributed by atoms with Crippen LogP contribution in [0.2, 0.25) is 0 Å². The third kappa shape index (κ3) is 3.83. The highest BCUT2D eigenvalue weighted by Crippen LogP contribution is 2.63. The molecule has 2 aliphatic heterocycles. The smallest absolute Gasteiger partial charge is 0.206 e. The maximum Gasteiger partial charge on any atom is 0.206 e. The van der Waals surface area contributed by atoms with Gasteiger partial charge in [-0.2, -0.15) is 0 Å². The summed E-state index contributed by atoms with van der Waals surface area (Å²) in [5.74, 6) is 1.90. The molecule has 35 heavy (non-hydrogen) atoms. The molecule has 3 aliphatic carbocycles. The fourth-order valence-corrected chi connectivity index (χ4v) is 7.11. The molecule has 1 aromatic carbocycles. The van der Waals surface area contributed by atoms with E-state index in [-0.39, 0.29) is 23.7 Å². The van der Waals surface area contributed by atoms with Crippen LogP contribution in [0.1, 0.15) is 69.4 Å². The summed E-state index contributed by atoms with van der Waals surface area (Å²) in [6, 6.07) is 4.68. The zero-order valence-electron chi connectivity index (χ0n) is 21.4. The van der Waals surface area contributed by atoms with Crippen LogP contribution < -0.4 is 9.47 Å². The average Bonchev–Trinajstić information content (AvgIpc) is 3.40. The number of ether oxygens (including phenoxy) is 5. The van der Waals surface area contributed by atoms with Crippen molar-refractivity contribution in [3.8, 4) is 11.5 Å². The van der Waals surface area contributed by atoms with Gasteiger partial charge in [-0.15, -0.1) is 6.58 Å². The lowest BCUT2D eigenvalue weighted by atomic mass is 9.60. The van der Waals surface area contributed by atoms with Crippen LogP contribution in [0.15, 0.2) is 24.8 Å². The van der Waals surface area contributed by atoms with Crippen LogP contribution >= 0.6 is 0 Å². The predicted molar refractivity (Wildman–Crippen MR) is 134 cm³/mol. The molecule has 6 rings (SSSR count). The van der Waals surface area contributed by atoms with E-state index in [4.69, 9.17) is 23.7 Å². The minimum Gasteiger partial charge on any atom is -0.490 e. The number of benzene rings is 1. The maximum atomic E-state index is 6.93. The minimum absolute atomic E-state index is 0.0426. The Balaban J connectivity index is 1.46. The highest BCUT2D eigenvalue weighted by atomic mass is 16.8. The maximum absolute atomic E-state index is 6.93. The van der Waals surface area contributed by atoms with Crippen LogP contribution in [0.25, 0.3) is 0 Å². The highest BCUT2D eigenvalue weighted by Gasteiger charge is 2.69. The number of hydrogen-bond donors (Lipinski definition) is 0. The molecule has 0 aromatic heterocycles. The van der Waals surface area contributed by atoms with E-state index in [1.165, 1.54) is 24.0 Å². The normalized spacial score (nSPS) is 32.0. The van der Waals surface area contributed by atoms with E-state index >= 15 is 0 Å². The average molecular weight is 484 g/mol. The Morgan fingerprint density at radius 1 is 1.17 bits per heavy atom. The standard InChI is InChI=1S/C29H41NO5/c1-4-7-15-31-22-11-10-21-18-23(30(6-3)19-20-8-9-20)28(32-14-5-2)12-13-29(33-16-17-34-29)27-25(28)24(21)26(22)35-27/h5,10-11,20,23,25,27H,2,4,6-9,12-19H2,1,3H3/t23-,25?,27-,28-/m1/s1. The van der Waals surface area contributed by atoms with E-state index < -0.39 is 5.79 Å².